The van der Waals surface area contributed by atoms with Gasteiger partial charge in [-0.1, -0.05) is 36.4 Å². The molecule has 1 atom stereocenters. The van der Waals surface area contributed by atoms with E-state index in [9.17, 15) is 9.18 Å². The van der Waals surface area contributed by atoms with Crippen LogP contribution in [0.25, 0.3) is 0 Å². The van der Waals surface area contributed by atoms with Gasteiger partial charge in [-0.3, -0.25) is 0 Å². The molecule has 3 N–H and O–H groups in total. The lowest BCUT2D eigenvalue weighted by Crippen LogP contribution is -2.55. The molecule has 0 aromatic heterocycles. The lowest BCUT2D eigenvalue weighted by Gasteiger charge is -2.40. The average Bonchev–Trinajstić information content (AvgIpc) is 2.60. The van der Waals surface area contributed by atoms with E-state index in [1.165, 1.54) is 17.7 Å². The monoisotopic (exact) mass is 375 g/mol. The second-order valence-electron chi connectivity index (χ2n) is 6.97. The van der Waals surface area contributed by atoms with E-state index in [-0.39, 0.29) is 42.4 Å². The van der Waals surface area contributed by atoms with Gasteiger partial charge in [-0.05, 0) is 48.1 Å². The van der Waals surface area contributed by atoms with E-state index >= 15 is 0 Å². The van der Waals surface area contributed by atoms with E-state index in [0.717, 1.165) is 30.4 Å². The van der Waals surface area contributed by atoms with Crippen molar-refractivity contribution < 1.29 is 9.18 Å². The number of nitrogens with zero attached hydrogens (tertiary/aromatic N) is 1. The molecule has 0 unspecified atom stereocenters. The summed E-state index contributed by atoms with van der Waals surface area (Å²) < 4.78 is 13.4. The Labute approximate surface area is 159 Å². The predicted molar refractivity (Wildman–Crippen MR) is 102 cm³/mol. The van der Waals surface area contributed by atoms with Crippen molar-refractivity contribution in [2.75, 3.05) is 6.54 Å². The van der Waals surface area contributed by atoms with Crippen molar-refractivity contribution in [1.82, 2.24) is 10.2 Å². The van der Waals surface area contributed by atoms with Crippen LogP contribution in [0.5, 0.6) is 0 Å². The normalized spacial score (nSPS) is 24.1. The molecule has 1 fully saturated rings. The maximum atomic E-state index is 13.4. The summed E-state index contributed by atoms with van der Waals surface area (Å²) in [5.41, 5.74) is 9.10. The topological polar surface area (TPSA) is 58.4 Å². The van der Waals surface area contributed by atoms with E-state index < -0.39 is 0 Å². The summed E-state index contributed by atoms with van der Waals surface area (Å²) in [5.74, 6) is -0.271. The second-order valence-corrected chi connectivity index (χ2v) is 6.97. The fraction of sp³-hybridized carbons (Fsp3) is 0.350. The van der Waals surface area contributed by atoms with Gasteiger partial charge in [-0.25, -0.2) is 9.18 Å². The van der Waals surface area contributed by atoms with Gasteiger partial charge in [0.05, 0.1) is 6.04 Å². The molecule has 1 aliphatic heterocycles. The number of benzene rings is 2. The van der Waals surface area contributed by atoms with E-state index in [4.69, 9.17) is 5.73 Å². The molecule has 0 bridgehead atoms. The minimum atomic E-state index is -0.271. The van der Waals surface area contributed by atoms with Crippen LogP contribution in [0.1, 0.15) is 35.6 Å². The van der Waals surface area contributed by atoms with Crippen molar-refractivity contribution in [2.45, 2.75) is 37.4 Å². The summed E-state index contributed by atoms with van der Waals surface area (Å²) in [6.45, 7) is 0.643. The highest BCUT2D eigenvalue weighted by Crippen LogP contribution is 2.35. The summed E-state index contributed by atoms with van der Waals surface area (Å²) in [6.07, 6.45) is 2.49. The number of nitrogens with two attached hydrogens (primary N) is 1. The zero-order valence-electron chi connectivity index (χ0n) is 14.4. The number of urea groups is 1. The van der Waals surface area contributed by atoms with Crippen LogP contribution in [0.2, 0.25) is 0 Å². The molecular formula is C20H23ClFN3O. The summed E-state index contributed by atoms with van der Waals surface area (Å²) in [6, 6.07) is 14.7. The smallest absolute Gasteiger partial charge is 0.318 e. The van der Waals surface area contributed by atoms with Crippen molar-refractivity contribution in [3.63, 3.8) is 0 Å². The van der Waals surface area contributed by atoms with Crippen LogP contribution < -0.4 is 11.1 Å². The van der Waals surface area contributed by atoms with Crippen molar-refractivity contribution in [1.29, 1.82) is 0 Å². The van der Waals surface area contributed by atoms with Crippen LogP contribution in [0.15, 0.2) is 48.5 Å². The van der Waals surface area contributed by atoms with E-state index in [1.807, 2.05) is 17.0 Å². The highest BCUT2D eigenvalue weighted by atomic mass is 35.5. The number of hydrogen-bond donors (Lipinski definition) is 2. The van der Waals surface area contributed by atoms with Crippen molar-refractivity contribution in [3.05, 3.63) is 71.0 Å². The highest BCUT2D eigenvalue weighted by molar-refractivity contribution is 5.85. The third kappa shape index (κ3) is 3.55. The number of carbonyl (C=O) groups excluding carboxylic acids is 1. The molecule has 1 saturated carbocycles. The fourth-order valence-electron chi connectivity index (χ4n) is 3.83. The number of halogens is 2. The number of rotatable bonds is 2. The molecule has 0 saturated heterocycles. The minimum Gasteiger partial charge on any atom is -0.335 e. The average molecular weight is 376 g/mol. The van der Waals surface area contributed by atoms with Gasteiger partial charge in [0.2, 0.25) is 0 Å². The molecule has 6 heteroatoms. The molecule has 4 nitrogen and oxygen atoms in total. The molecule has 2 amide bonds. The molecule has 26 heavy (non-hydrogen) atoms. The molecule has 1 aliphatic carbocycles. The Morgan fingerprint density at radius 1 is 1.12 bits per heavy atom. The molecule has 138 valence electrons. The third-order valence-electron chi connectivity index (χ3n) is 5.23. The Morgan fingerprint density at radius 2 is 1.81 bits per heavy atom. The Kier molecular flexibility index (Phi) is 5.49. The fourth-order valence-corrected chi connectivity index (χ4v) is 3.83. The van der Waals surface area contributed by atoms with Gasteiger partial charge in [-0.2, -0.15) is 0 Å². The zero-order chi connectivity index (χ0) is 17.4. The Bertz CT molecular complexity index is 777. The number of hydrogen-bond acceptors (Lipinski definition) is 2. The number of amides is 2. The first-order chi connectivity index (χ1) is 12.1. The van der Waals surface area contributed by atoms with Crippen molar-refractivity contribution in [2.24, 2.45) is 5.73 Å². The molecule has 2 aliphatic rings. The maximum absolute atomic E-state index is 13.4. The summed E-state index contributed by atoms with van der Waals surface area (Å²) in [4.78, 5) is 14.7. The van der Waals surface area contributed by atoms with Gasteiger partial charge in [0.1, 0.15) is 5.82 Å². The van der Waals surface area contributed by atoms with Crippen LogP contribution in [-0.4, -0.2) is 29.6 Å². The largest absolute Gasteiger partial charge is 0.335 e. The Morgan fingerprint density at radius 3 is 2.50 bits per heavy atom. The van der Waals surface area contributed by atoms with Gasteiger partial charge >= 0.3 is 6.03 Å². The molecule has 2 aromatic carbocycles. The number of carbonyl (C=O) groups is 1. The lowest BCUT2D eigenvalue weighted by molar-refractivity contribution is 0.167. The second kappa shape index (κ2) is 7.64. The Hall–Kier alpha value is -2.11. The SMILES string of the molecule is Cl.NC1CC(NC(=O)N2CCc3ccccc3[C@@H]2c2ccc(F)cc2)C1. The van der Waals surface area contributed by atoms with Gasteiger partial charge in [0.25, 0.3) is 0 Å². The van der Waals surface area contributed by atoms with Gasteiger partial charge in [0.15, 0.2) is 0 Å². The molecule has 0 spiro atoms. The van der Waals surface area contributed by atoms with E-state index in [2.05, 4.69) is 17.4 Å². The minimum absolute atomic E-state index is 0. The van der Waals surface area contributed by atoms with Gasteiger partial charge in [-0.15, -0.1) is 12.4 Å². The summed E-state index contributed by atoms with van der Waals surface area (Å²) in [5, 5.41) is 3.09. The van der Waals surface area contributed by atoms with Crippen LogP contribution in [-0.2, 0) is 6.42 Å². The molecule has 1 heterocycles. The highest BCUT2D eigenvalue weighted by Gasteiger charge is 2.34. The lowest BCUT2D eigenvalue weighted by atomic mass is 9.87. The van der Waals surface area contributed by atoms with Gasteiger partial charge < -0.3 is 16.0 Å². The van der Waals surface area contributed by atoms with E-state index in [0.29, 0.717) is 6.54 Å². The quantitative estimate of drug-likeness (QED) is 0.845. The zero-order valence-corrected chi connectivity index (χ0v) is 15.2. The van der Waals surface area contributed by atoms with Crippen LogP contribution in [0.3, 0.4) is 0 Å². The van der Waals surface area contributed by atoms with Crippen molar-refractivity contribution in [3.8, 4) is 0 Å². The summed E-state index contributed by atoms with van der Waals surface area (Å²) in [7, 11) is 0. The van der Waals surface area contributed by atoms with E-state index in [1.54, 1.807) is 12.1 Å². The first-order valence-corrected chi connectivity index (χ1v) is 8.78. The summed E-state index contributed by atoms with van der Waals surface area (Å²) >= 11 is 0. The number of nitrogens with one attached hydrogen (secondary N) is 1. The van der Waals surface area contributed by atoms with Crippen LogP contribution in [0, 0.1) is 5.82 Å². The molecular weight excluding hydrogens is 353 g/mol. The van der Waals surface area contributed by atoms with Gasteiger partial charge in [0, 0.05) is 18.6 Å². The first-order valence-electron chi connectivity index (χ1n) is 8.78. The molecule has 2 aromatic rings. The van der Waals surface area contributed by atoms with Crippen LogP contribution >= 0.6 is 12.4 Å². The maximum Gasteiger partial charge on any atom is 0.318 e. The van der Waals surface area contributed by atoms with Crippen LogP contribution in [0.4, 0.5) is 9.18 Å². The predicted octanol–water partition coefficient (Wildman–Crippen LogP) is 3.39. The number of fused-ring (bicyclic) bond motifs is 1. The molecule has 0 radical (unpaired) electrons. The molecule has 4 rings (SSSR count). The third-order valence-corrected chi connectivity index (χ3v) is 5.23. The van der Waals surface area contributed by atoms with Crippen molar-refractivity contribution >= 4 is 18.4 Å². The standard InChI is InChI=1S/C20H22FN3O.ClH/c21-15-7-5-14(6-8-15)19-18-4-2-1-3-13(18)9-10-24(19)20(25)23-17-11-16(22)12-17;/h1-8,16-17,19H,9-12,22H2,(H,23,25);1H/t16?,17?,19-;/m0./s1. The Balaban J connectivity index is 0.00000196. The first kappa shape index (κ1) is 18.7.